The molecule has 2 aromatic rings. The van der Waals surface area contributed by atoms with Gasteiger partial charge in [0.2, 0.25) is 5.91 Å². The average molecular weight is 423 g/mol. The van der Waals surface area contributed by atoms with Gasteiger partial charge in [-0.15, -0.1) is 0 Å². The molecule has 1 fully saturated rings. The summed E-state index contributed by atoms with van der Waals surface area (Å²) >= 11 is 0. The fourth-order valence-electron chi connectivity index (χ4n) is 4.17. The number of hydrogen-bond donors (Lipinski definition) is 1. The zero-order chi connectivity index (χ0) is 22.6. The van der Waals surface area contributed by atoms with Crippen molar-refractivity contribution in [3.05, 3.63) is 54.1 Å². The van der Waals surface area contributed by atoms with E-state index < -0.39 is 0 Å². The maximum atomic E-state index is 12.8. The molecule has 0 unspecified atom stereocenters. The number of nitrogens with one attached hydrogen (secondary N) is 1. The Morgan fingerprint density at radius 3 is 2.45 bits per heavy atom. The highest BCUT2D eigenvalue weighted by Crippen LogP contribution is 2.36. The van der Waals surface area contributed by atoms with Crippen molar-refractivity contribution in [2.75, 3.05) is 7.05 Å². The molecule has 0 saturated heterocycles. The summed E-state index contributed by atoms with van der Waals surface area (Å²) in [4.78, 5) is 26.1. The molecule has 2 aromatic carbocycles. The van der Waals surface area contributed by atoms with Crippen LogP contribution in [-0.4, -0.2) is 36.0 Å². The van der Waals surface area contributed by atoms with Crippen LogP contribution in [-0.2, 0) is 10.2 Å². The SMILES string of the molecule is CCC(=O)N[C@H]1CC[C@@H](N(C)C(=O)Oc2ccc(-c3ccccc3)c(C(C)(C)C)c2)C1. The van der Waals surface area contributed by atoms with E-state index in [1.165, 1.54) is 0 Å². The van der Waals surface area contributed by atoms with Crippen molar-refractivity contribution in [1.29, 1.82) is 0 Å². The number of carbonyl (C=O) groups is 2. The van der Waals surface area contributed by atoms with E-state index in [0.717, 1.165) is 36.0 Å². The molecule has 1 N–H and O–H groups in total. The molecular weight excluding hydrogens is 388 g/mol. The van der Waals surface area contributed by atoms with Crippen LogP contribution >= 0.6 is 0 Å². The number of benzene rings is 2. The molecule has 166 valence electrons. The van der Waals surface area contributed by atoms with E-state index in [2.05, 4.69) is 38.2 Å². The second kappa shape index (κ2) is 9.54. The van der Waals surface area contributed by atoms with Gasteiger partial charge in [-0.3, -0.25) is 4.79 Å². The smallest absolute Gasteiger partial charge is 0.410 e. The lowest BCUT2D eigenvalue weighted by atomic mass is 9.81. The summed E-state index contributed by atoms with van der Waals surface area (Å²) in [6.45, 7) is 8.33. The molecule has 1 saturated carbocycles. The van der Waals surface area contributed by atoms with Gasteiger partial charge in [0.15, 0.2) is 0 Å². The van der Waals surface area contributed by atoms with Crippen molar-refractivity contribution >= 4 is 12.0 Å². The summed E-state index contributed by atoms with van der Waals surface area (Å²) in [5.74, 6) is 0.611. The van der Waals surface area contributed by atoms with Gasteiger partial charge in [-0.05, 0) is 53.5 Å². The van der Waals surface area contributed by atoms with Gasteiger partial charge in [0.05, 0.1) is 0 Å². The molecule has 3 rings (SSSR count). The minimum atomic E-state index is -0.361. The maximum absolute atomic E-state index is 12.8. The number of rotatable bonds is 5. The highest BCUT2D eigenvalue weighted by Gasteiger charge is 2.31. The Bertz CT molecular complexity index is 918. The van der Waals surface area contributed by atoms with Crippen molar-refractivity contribution < 1.29 is 14.3 Å². The molecule has 2 atom stereocenters. The van der Waals surface area contributed by atoms with Crippen molar-refractivity contribution in [2.24, 2.45) is 0 Å². The third-order valence-corrected chi connectivity index (χ3v) is 6.02. The molecule has 5 heteroatoms. The zero-order valence-electron chi connectivity index (χ0n) is 19.3. The monoisotopic (exact) mass is 422 g/mol. The summed E-state index contributed by atoms with van der Waals surface area (Å²) < 4.78 is 5.75. The molecular formula is C26H34N2O3. The molecule has 2 amide bonds. The molecule has 0 spiro atoms. The molecule has 0 heterocycles. The molecule has 1 aliphatic rings. The van der Waals surface area contributed by atoms with Crippen LogP contribution < -0.4 is 10.1 Å². The largest absolute Gasteiger partial charge is 0.415 e. The Kier molecular flexibility index (Phi) is 7.04. The fourth-order valence-corrected chi connectivity index (χ4v) is 4.17. The Morgan fingerprint density at radius 1 is 1.10 bits per heavy atom. The van der Waals surface area contributed by atoms with Crippen molar-refractivity contribution in [2.45, 2.75) is 70.9 Å². The van der Waals surface area contributed by atoms with E-state index in [-0.39, 0.29) is 29.5 Å². The first-order valence-corrected chi connectivity index (χ1v) is 11.1. The van der Waals surface area contributed by atoms with Crippen molar-refractivity contribution in [3.63, 3.8) is 0 Å². The molecule has 0 bridgehead atoms. The van der Waals surface area contributed by atoms with Gasteiger partial charge in [-0.1, -0.05) is 64.1 Å². The van der Waals surface area contributed by atoms with Gasteiger partial charge < -0.3 is 15.0 Å². The van der Waals surface area contributed by atoms with Gasteiger partial charge in [0.25, 0.3) is 0 Å². The second-order valence-corrected chi connectivity index (χ2v) is 9.39. The summed E-state index contributed by atoms with van der Waals surface area (Å²) in [6, 6.07) is 16.3. The zero-order valence-corrected chi connectivity index (χ0v) is 19.3. The van der Waals surface area contributed by atoms with Crippen molar-refractivity contribution in [3.8, 4) is 16.9 Å². The topological polar surface area (TPSA) is 58.6 Å². The Morgan fingerprint density at radius 2 is 1.81 bits per heavy atom. The first-order valence-electron chi connectivity index (χ1n) is 11.1. The Labute approximate surface area is 185 Å². The minimum Gasteiger partial charge on any atom is -0.410 e. The van der Waals surface area contributed by atoms with E-state index in [1.807, 2.05) is 43.3 Å². The van der Waals surface area contributed by atoms with Gasteiger partial charge in [-0.2, -0.15) is 0 Å². The predicted molar refractivity (Wildman–Crippen MR) is 124 cm³/mol. The summed E-state index contributed by atoms with van der Waals surface area (Å²) in [7, 11) is 1.78. The molecule has 0 radical (unpaired) electrons. The number of carbonyl (C=O) groups excluding carboxylic acids is 2. The maximum Gasteiger partial charge on any atom is 0.415 e. The normalized spacial score (nSPS) is 18.5. The van der Waals surface area contributed by atoms with Crippen LogP contribution in [0.15, 0.2) is 48.5 Å². The molecule has 0 aliphatic heterocycles. The third kappa shape index (κ3) is 5.66. The fraction of sp³-hybridized carbons (Fsp3) is 0.462. The van der Waals surface area contributed by atoms with Gasteiger partial charge >= 0.3 is 6.09 Å². The Balaban J connectivity index is 1.72. The van der Waals surface area contributed by atoms with Gasteiger partial charge in [-0.25, -0.2) is 4.79 Å². The minimum absolute atomic E-state index is 0.0593. The van der Waals surface area contributed by atoms with E-state index >= 15 is 0 Å². The summed E-state index contributed by atoms with van der Waals surface area (Å²) in [5, 5.41) is 3.03. The molecule has 1 aliphatic carbocycles. The van der Waals surface area contributed by atoms with Crippen LogP contribution in [0.25, 0.3) is 11.1 Å². The highest BCUT2D eigenvalue weighted by molar-refractivity contribution is 5.76. The van der Waals surface area contributed by atoms with Crippen LogP contribution in [0.1, 0.15) is 58.9 Å². The van der Waals surface area contributed by atoms with Gasteiger partial charge in [0.1, 0.15) is 5.75 Å². The predicted octanol–water partition coefficient (Wildman–Crippen LogP) is 5.53. The van der Waals surface area contributed by atoms with E-state index in [4.69, 9.17) is 4.74 Å². The van der Waals surface area contributed by atoms with Crippen LogP contribution in [0.5, 0.6) is 5.75 Å². The van der Waals surface area contributed by atoms with Crippen LogP contribution in [0.4, 0.5) is 4.79 Å². The standard InChI is InChI=1S/C26H34N2O3/c1-6-24(29)27-19-12-13-20(16-19)28(5)25(30)31-21-14-15-22(18-10-8-7-9-11-18)23(17-21)26(2,3)4/h7-11,14-15,17,19-20H,6,12-13,16H2,1-5H3,(H,27,29)/t19-,20+/m0/s1. The van der Waals surface area contributed by atoms with Crippen LogP contribution in [0.3, 0.4) is 0 Å². The lowest BCUT2D eigenvalue weighted by molar-refractivity contribution is -0.121. The van der Waals surface area contributed by atoms with Gasteiger partial charge in [0, 0.05) is 25.6 Å². The van der Waals surface area contributed by atoms with Crippen LogP contribution in [0, 0.1) is 0 Å². The highest BCUT2D eigenvalue weighted by atomic mass is 16.6. The van der Waals surface area contributed by atoms with Crippen molar-refractivity contribution in [1.82, 2.24) is 10.2 Å². The molecule has 31 heavy (non-hydrogen) atoms. The number of ether oxygens (including phenoxy) is 1. The first-order chi connectivity index (χ1) is 14.7. The van der Waals surface area contributed by atoms with Crippen LogP contribution in [0.2, 0.25) is 0 Å². The van der Waals surface area contributed by atoms with E-state index in [1.54, 1.807) is 11.9 Å². The van der Waals surface area contributed by atoms with E-state index in [9.17, 15) is 9.59 Å². The molecule has 0 aromatic heterocycles. The Hall–Kier alpha value is -2.82. The average Bonchev–Trinajstić information content (AvgIpc) is 3.21. The first kappa shape index (κ1) is 22.9. The lowest BCUT2D eigenvalue weighted by Gasteiger charge is -2.26. The quantitative estimate of drug-likeness (QED) is 0.689. The second-order valence-electron chi connectivity index (χ2n) is 9.39. The number of hydrogen-bond acceptors (Lipinski definition) is 3. The summed E-state index contributed by atoms with van der Waals surface area (Å²) in [6.07, 6.45) is 2.62. The molecule has 5 nitrogen and oxygen atoms in total. The third-order valence-electron chi connectivity index (χ3n) is 6.02. The van der Waals surface area contributed by atoms with E-state index in [0.29, 0.717) is 12.2 Å². The summed E-state index contributed by atoms with van der Waals surface area (Å²) in [5.41, 5.74) is 3.32. The number of nitrogens with zero attached hydrogens (tertiary/aromatic N) is 1. The lowest BCUT2D eigenvalue weighted by Crippen LogP contribution is -2.39. The number of amides is 2.